The van der Waals surface area contributed by atoms with Crippen LogP contribution in [-0.4, -0.2) is 41.6 Å². The van der Waals surface area contributed by atoms with Crippen LogP contribution in [0.15, 0.2) is 18.2 Å². The zero-order chi connectivity index (χ0) is 13.4. The molecule has 5 heteroatoms. The van der Waals surface area contributed by atoms with Gasteiger partial charge in [0.1, 0.15) is 5.75 Å². The standard InChI is InChI=1S/C14H17ClN2O2/c15-10-3-4-13(18)11(6-10)14(19)17-7-9-2-1-5-16-12(9)8-17/h3-4,6,9,12,16,18H,1-2,5,7-8H2/t9-,12+/m0/s1. The zero-order valence-corrected chi connectivity index (χ0v) is 11.4. The Kier molecular flexibility index (Phi) is 3.37. The van der Waals surface area contributed by atoms with Crippen LogP contribution < -0.4 is 5.32 Å². The fourth-order valence-electron chi connectivity index (χ4n) is 3.06. The van der Waals surface area contributed by atoms with Gasteiger partial charge in [-0.05, 0) is 43.5 Å². The molecule has 2 saturated heterocycles. The maximum atomic E-state index is 12.4. The van der Waals surface area contributed by atoms with Gasteiger partial charge in [0.2, 0.25) is 0 Å². The Morgan fingerprint density at radius 2 is 2.26 bits per heavy atom. The first kappa shape index (κ1) is 12.8. The van der Waals surface area contributed by atoms with Gasteiger partial charge in [-0.1, -0.05) is 11.6 Å². The summed E-state index contributed by atoms with van der Waals surface area (Å²) in [6, 6.07) is 4.99. The first-order valence-electron chi connectivity index (χ1n) is 6.66. The number of nitrogens with one attached hydrogen (secondary N) is 1. The van der Waals surface area contributed by atoms with Crippen molar-refractivity contribution in [2.24, 2.45) is 5.92 Å². The van der Waals surface area contributed by atoms with Crippen molar-refractivity contribution in [3.8, 4) is 5.75 Å². The van der Waals surface area contributed by atoms with Crippen LogP contribution in [0.3, 0.4) is 0 Å². The van der Waals surface area contributed by atoms with Crippen molar-refractivity contribution in [1.82, 2.24) is 10.2 Å². The van der Waals surface area contributed by atoms with Crippen LogP contribution in [0.4, 0.5) is 0 Å². The monoisotopic (exact) mass is 280 g/mol. The number of nitrogens with zero attached hydrogens (tertiary/aromatic N) is 1. The molecule has 19 heavy (non-hydrogen) atoms. The van der Waals surface area contributed by atoms with Crippen molar-refractivity contribution in [3.63, 3.8) is 0 Å². The van der Waals surface area contributed by atoms with Crippen LogP contribution in [-0.2, 0) is 0 Å². The molecule has 4 nitrogen and oxygen atoms in total. The van der Waals surface area contributed by atoms with Crippen LogP contribution >= 0.6 is 11.6 Å². The number of phenols is 1. The molecule has 2 N–H and O–H groups in total. The molecule has 0 aliphatic carbocycles. The molecule has 2 aliphatic rings. The lowest BCUT2D eigenvalue weighted by molar-refractivity contribution is 0.0782. The van der Waals surface area contributed by atoms with Crippen molar-refractivity contribution < 1.29 is 9.90 Å². The molecule has 2 heterocycles. The minimum absolute atomic E-state index is 0.00256. The van der Waals surface area contributed by atoms with Crippen molar-refractivity contribution >= 4 is 17.5 Å². The number of carbonyl (C=O) groups is 1. The fourth-order valence-corrected chi connectivity index (χ4v) is 3.23. The third-order valence-corrected chi connectivity index (χ3v) is 4.31. The SMILES string of the molecule is O=C(c1cc(Cl)ccc1O)N1C[C@@H]2CCCN[C@@H]2C1. The minimum Gasteiger partial charge on any atom is -0.507 e. The number of hydrogen-bond donors (Lipinski definition) is 2. The molecule has 3 rings (SSSR count). The Labute approximate surface area is 117 Å². The maximum Gasteiger partial charge on any atom is 0.257 e. The summed E-state index contributed by atoms with van der Waals surface area (Å²) in [5.41, 5.74) is 0.297. The van der Waals surface area contributed by atoms with E-state index in [9.17, 15) is 9.90 Å². The van der Waals surface area contributed by atoms with Crippen molar-refractivity contribution in [2.45, 2.75) is 18.9 Å². The third-order valence-electron chi connectivity index (χ3n) is 4.08. The second kappa shape index (κ2) is 5.02. The molecule has 0 bridgehead atoms. The number of carbonyl (C=O) groups excluding carboxylic acids is 1. The predicted octanol–water partition coefficient (Wildman–Crippen LogP) is 1.87. The van der Waals surface area contributed by atoms with Crippen LogP contribution in [0, 0.1) is 5.92 Å². The summed E-state index contributed by atoms with van der Waals surface area (Å²) in [4.78, 5) is 14.3. The number of likely N-dealkylation sites (tertiary alicyclic amines) is 1. The van der Waals surface area contributed by atoms with Gasteiger partial charge in [-0.2, -0.15) is 0 Å². The molecule has 102 valence electrons. The Morgan fingerprint density at radius 1 is 1.42 bits per heavy atom. The average Bonchev–Trinajstić information content (AvgIpc) is 2.84. The Bertz CT molecular complexity index is 492. The highest BCUT2D eigenvalue weighted by molar-refractivity contribution is 6.31. The van der Waals surface area contributed by atoms with E-state index in [1.54, 1.807) is 6.07 Å². The topological polar surface area (TPSA) is 52.6 Å². The highest BCUT2D eigenvalue weighted by atomic mass is 35.5. The molecule has 1 amide bonds. The lowest BCUT2D eigenvalue weighted by atomic mass is 9.94. The van der Waals surface area contributed by atoms with Gasteiger partial charge in [-0.15, -0.1) is 0 Å². The quantitative estimate of drug-likeness (QED) is 0.826. The lowest BCUT2D eigenvalue weighted by Crippen LogP contribution is -2.41. The largest absolute Gasteiger partial charge is 0.507 e. The van der Waals surface area contributed by atoms with Gasteiger partial charge in [-0.3, -0.25) is 4.79 Å². The zero-order valence-electron chi connectivity index (χ0n) is 10.6. The Balaban J connectivity index is 1.79. The summed E-state index contributed by atoms with van der Waals surface area (Å²) in [5.74, 6) is 0.410. The number of aromatic hydroxyl groups is 1. The second-order valence-corrected chi connectivity index (χ2v) is 5.77. The van der Waals surface area contributed by atoms with E-state index < -0.39 is 0 Å². The molecular weight excluding hydrogens is 264 g/mol. The Morgan fingerprint density at radius 3 is 3.05 bits per heavy atom. The lowest BCUT2D eigenvalue weighted by Gasteiger charge is -2.24. The van der Waals surface area contributed by atoms with Crippen molar-refractivity contribution in [3.05, 3.63) is 28.8 Å². The first-order valence-corrected chi connectivity index (χ1v) is 7.04. The molecule has 0 unspecified atom stereocenters. The smallest absolute Gasteiger partial charge is 0.257 e. The van der Waals surface area contributed by atoms with E-state index in [1.807, 2.05) is 4.90 Å². The number of benzene rings is 1. The van der Waals surface area contributed by atoms with Gasteiger partial charge in [0.15, 0.2) is 0 Å². The molecule has 2 fully saturated rings. The highest BCUT2D eigenvalue weighted by Gasteiger charge is 2.37. The van der Waals surface area contributed by atoms with E-state index >= 15 is 0 Å². The van der Waals surface area contributed by atoms with E-state index in [-0.39, 0.29) is 11.7 Å². The second-order valence-electron chi connectivity index (χ2n) is 5.33. The first-order chi connectivity index (χ1) is 9.15. The average molecular weight is 281 g/mol. The predicted molar refractivity (Wildman–Crippen MR) is 73.5 cm³/mol. The molecular formula is C14H17ClN2O2. The molecule has 1 aromatic rings. The third kappa shape index (κ3) is 2.42. The maximum absolute atomic E-state index is 12.4. The van der Waals surface area contributed by atoms with E-state index in [1.165, 1.54) is 25.0 Å². The van der Waals surface area contributed by atoms with Gasteiger partial charge < -0.3 is 15.3 Å². The number of hydrogen-bond acceptors (Lipinski definition) is 3. The molecule has 2 atom stereocenters. The molecule has 0 spiro atoms. The summed E-state index contributed by atoms with van der Waals surface area (Å²) in [5, 5.41) is 13.7. The van der Waals surface area contributed by atoms with Crippen LogP contribution in [0.5, 0.6) is 5.75 Å². The number of fused-ring (bicyclic) bond motifs is 1. The van der Waals surface area contributed by atoms with Crippen LogP contribution in [0.2, 0.25) is 5.02 Å². The highest BCUT2D eigenvalue weighted by Crippen LogP contribution is 2.29. The van der Waals surface area contributed by atoms with Gasteiger partial charge in [0.05, 0.1) is 5.56 Å². The van der Waals surface area contributed by atoms with Crippen LogP contribution in [0.25, 0.3) is 0 Å². The number of amides is 1. The molecule has 2 aliphatic heterocycles. The van der Waals surface area contributed by atoms with Gasteiger partial charge in [0, 0.05) is 24.2 Å². The Hall–Kier alpha value is -1.26. The van der Waals surface area contributed by atoms with Crippen molar-refractivity contribution in [2.75, 3.05) is 19.6 Å². The summed E-state index contributed by atoms with van der Waals surface area (Å²) in [7, 11) is 0. The fraction of sp³-hybridized carbons (Fsp3) is 0.500. The summed E-state index contributed by atoms with van der Waals surface area (Å²) < 4.78 is 0. The minimum atomic E-state index is -0.129. The normalized spacial score (nSPS) is 26.3. The number of halogens is 1. The number of rotatable bonds is 1. The van der Waals surface area contributed by atoms with Gasteiger partial charge in [-0.25, -0.2) is 0 Å². The molecule has 0 radical (unpaired) electrons. The number of phenolic OH excluding ortho intramolecular Hbond substituents is 1. The molecule has 1 aromatic carbocycles. The van der Waals surface area contributed by atoms with E-state index in [2.05, 4.69) is 5.32 Å². The number of piperidine rings is 1. The van der Waals surface area contributed by atoms with Crippen molar-refractivity contribution in [1.29, 1.82) is 0 Å². The summed E-state index contributed by atoms with van der Waals surface area (Å²) >= 11 is 5.90. The molecule has 0 aromatic heterocycles. The van der Waals surface area contributed by atoms with E-state index in [0.717, 1.165) is 19.6 Å². The van der Waals surface area contributed by atoms with E-state index in [4.69, 9.17) is 11.6 Å². The van der Waals surface area contributed by atoms with Crippen LogP contribution in [0.1, 0.15) is 23.2 Å². The summed E-state index contributed by atoms with van der Waals surface area (Å²) in [6.45, 7) is 2.52. The summed E-state index contributed by atoms with van der Waals surface area (Å²) in [6.07, 6.45) is 2.34. The molecule has 0 saturated carbocycles. The van der Waals surface area contributed by atoms with Gasteiger partial charge >= 0.3 is 0 Å². The van der Waals surface area contributed by atoms with E-state index in [0.29, 0.717) is 22.5 Å². The van der Waals surface area contributed by atoms with Gasteiger partial charge in [0.25, 0.3) is 5.91 Å².